The fourth-order valence-corrected chi connectivity index (χ4v) is 11.1. The third kappa shape index (κ3) is 5.92. The van der Waals surface area contributed by atoms with Crippen molar-refractivity contribution < 1.29 is 0 Å². The van der Waals surface area contributed by atoms with Gasteiger partial charge < -0.3 is 15.5 Å². The highest BCUT2D eigenvalue weighted by Crippen LogP contribution is 2.59. The van der Waals surface area contributed by atoms with Gasteiger partial charge in [-0.15, -0.1) is 0 Å². The Balaban J connectivity index is 0.906. The average Bonchev–Trinajstić information content (AvgIpc) is 3.59. The Kier molecular flexibility index (Phi) is 8.15. The lowest BCUT2D eigenvalue weighted by Crippen LogP contribution is -2.43. The van der Waals surface area contributed by atoms with Crippen molar-refractivity contribution in [2.45, 2.75) is 57.3 Å². The molecule has 0 saturated heterocycles. The van der Waals surface area contributed by atoms with Gasteiger partial charge in [-0.25, -0.2) is 9.98 Å². The summed E-state index contributed by atoms with van der Waals surface area (Å²) in [7, 11) is 0. The molecule has 4 bridgehead atoms. The smallest absolute Gasteiger partial charge is 0.169 e. The van der Waals surface area contributed by atoms with Gasteiger partial charge in [0.2, 0.25) is 0 Å². The van der Waals surface area contributed by atoms with E-state index >= 15 is 0 Å². The minimum Gasteiger partial charge on any atom is -0.363 e. The molecule has 2 heterocycles. The number of amidine groups is 2. The van der Waals surface area contributed by atoms with Crippen LogP contribution in [-0.2, 0) is 0 Å². The molecule has 6 aromatic rings. The van der Waals surface area contributed by atoms with Crippen LogP contribution in [0.2, 0.25) is 0 Å². The van der Waals surface area contributed by atoms with E-state index in [-0.39, 0.29) is 12.3 Å². The van der Waals surface area contributed by atoms with Crippen molar-refractivity contribution in [3.05, 3.63) is 174 Å². The minimum absolute atomic E-state index is 0.183. The molecule has 12 rings (SSSR count). The van der Waals surface area contributed by atoms with Crippen LogP contribution in [0.4, 0.5) is 17.1 Å². The summed E-state index contributed by atoms with van der Waals surface area (Å²) < 4.78 is 0. The second kappa shape index (κ2) is 13.7. The summed E-state index contributed by atoms with van der Waals surface area (Å²) in [4.78, 5) is 12.9. The molecule has 2 atom stereocenters. The molecule has 0 radical (unpaired) electrons. The van der Waals surface area contributed by atoms with E-state index in [2.05, 4.69) is 174 Å². The van der Waals surface area contributed by atoms with E-state index in [9.17, 15) is 0 Å². The normalized spacial score (nSPS) is 25.9. The maximum atomic E-state index is 5.31. The molecule has 0 amide bonds. The van der Waals surface area contributed by atoms with Crippen LogP contribution in [0.5, 0.6) is 0 Å². The molecule has 6 aliphatic rings. The third-order valence-corrected chi connectivity index (χ3v) is 13.4. The molecule has 4 saturated carbocycles. The summed E-state index contributed by atoms with van der Waals surface area (Å²) in [5.74, 6) is 6.16. The average molecular weight is 730 g/mol. The van der Waals surface area contributed by atoms with Crippen molar-refractivity contribution in [3.63, 3.8) is 0 Å². The lowest BCUT2D eigenvalue weighted by atomic mass is 9.51. The Morgan fingerprint density at radius 1 is 0.518 bits per heavy atom. The largest absolute Gasteiger partial charge is 0.363 e. The van der Waals surface area contributed by atoms with Crippen molar-refractivity contribution >= 4 is 28.7 Å². The molecule has 4 fully saturated rings. The predicted molar refractivity (Wildman–Crippen MR) is 231 cm³/mol. The van der Waals surface area contributed by atoms with E-state index in [0.29, 0.717) is 0 Å². The topological polar surface area (TPSA) is 52.0 Å². The zero-order chi connectivity index (χ0) is 37.2. The Morgan fingerprint density at radius 3 is 1.82 bits per heavy atom. The van der Waals surface area contributed by atoms with E-state index in [1.165, 1.54) is 71.4 Å². The standard InChI is InChI=1S/C51H47N5/c1-32-52-46-16-7-8-17-47(46)56(32)43-24-22-35(23-25-43)44-14-5-6-15-45(44)39-12-9-13-40(31-39)51-54-49(37-10-3-2-4-11-37)53-50(55-51)38-20-18-36(19-21-38)48-41-27-33-26-34(29-41)30-42(48)28-33/h2-25,31-34,41-42,48,51-52H,26-30H2,1H3,(H,53,54,55). The fraction of sp³-hybridized carbons (Fsp3) is 0.255. The first-order valence-corrected chi connectivity index (χ1v) is 20.6. The number of hydrogen-bond acceptors (Lipinski definition) is 5. The zero-order valence-corrected chi connectivity index (χ0v) is 31.9. The monoisotopic (exact) mass is 729 g/mol. The lowest BCUT2D eigenvalue weighted by molar-refractivity contribution is -0.00277. The molecule has 5 nitrogen and oxygen atoms in total. The number of aliphatic imine (C=N–C) groups is 2. The van der Waals surface area contributed by atoms with E-state index in [1.807, 2.05) is 0 Å². The second-order valence-electron chi connectivity index (χ2n) is 16.8. The summed E-state index contributed by atoms with van der Waals surface area (Å²) in [5.41, 5.74) is 13.0. The molecule has 2 N–H and O–H groups in total. The maximum Gasteiger partial charge on any atom is 0.169 e. The molecule has 4 aliphatic carbocycles. The first-order valence-electron chi connectivity index (χ1n) is 20.6. The molecule has 2 aliphatic heterocycles. The van der Waals surface area contributed by atoms with Crippen LogP contribution < -0.4 is 15.5 Å². The van der Waals surface area contributed by atoms with Crippen LogP contribution in [0.15, 0.2) is 162 Å². The van der Waals surface area contributed by atoms with Crippen molar-refractivity contribution in [2.24, 2.45) is 33.7 Å². The second-order valence-corrected chi connectivity index (χ2v) is 16.8. The van der Waals surface area contributed by atoms with Gasteiger partial charge >= 0.3 is 0 Å². The van der Waals surface area contributed by atoms with Crippen LogP contribution >= 0.6 is 0 Å². The summed E-state index contributed by atoms with van der Waals surface area (Å²) in [6.45, 7) is 2.21. The quantitative estimate of drug-likeness (QED) is 0.172. The molecule has 276 valence electrons. The molecule has 0 aromatic heterocycles. The van der Waals surface area contributed by atoms with Crippen molar-refractivity contribution in [3.8, 4) is 22.3 Å². The summed E-state index contributed by atoms with van der Waals surface area (Å²) in [6, 6.07) is 54.9. The maximum absolute atomic E-state index is 5.31. The third-order valence-electron chi connectivity index (χ3n) is 13.4. The first-order chi connectivity index (χ1) is 27.6. The van der Waals surface area contributed by atoms with Crippen LogP contribution in [0.25, 0.3) is 22.3 Å². The van der Waals surface area contributed by atoms with Gasteiger partial charge in [-0.2, -0.15) is 0 Å². The van der Waals surface area contributed by atoms with Gasteiger partial charge in [0.1, 0.15) is 17.8 Å². The Labute approximate surface area is 330 Å². The number of nitrogens with one attached hydrogen (secondary N) is 2. The Hall–Kier alpha value is -5.94. The Bertz CT molecular complexity index is 2440. The van der Waals surface area contributed by atoms with Crippen LogP contribution in [0.3, 0.4) is 0 Å². The highest BCUT2D eigenvalue weighted by Gasteiger charge is 2.48. The number of nitrogens with zero attached hydrogens (tertiary/aromatic N) is 3. The van der Waals surface area contributed by atoms with Crippen LogP contribution in [0, 0.1) is 23.7 Å². The van der Waals surface area contributed by atoms with E-state index in [4.69, 9.17) is 9.98 Å². The van der Waals surface area contributed by atoms with Gasteiger partial charge in [0.25, 0.3) is 0 Å². The molecule has 2 unspecified atom stereocenters. The number of para-hydroxylation sites is 2. The Morgan fingerprint density at radius 2 is 1.11 bits per heavy atom. The van der Waals surface area contributed by atoms with Gasteiger partial charge in [0.05, 0.1) is 11.4 Å². The molecule has 56 heavy (non-hydrogen) atoms. The number of hydrogen-bond donors (Lipinski definition) is 2. The van der Waals surface area contributed by atoms with Gasteiger partial charge in [-0.1, -0.05) is 121 Å². The van der Waals surface area contributed by atoms with Gasteiger partial charge in [0.15, 0.2) is 6.17 Å². The molecule has 6 aromatic carbocycles. The number of anilines is 3. The van der Waals surface area contributed by atoms with Crippen molar-refractivity contribution in [1.82, 2.24) is 5.32 Å². The van der Waals surface area contributed by atoms with Crippen LogP contribution in [0.1, 0.15) is 73.4 Å². The summed E-state index contributed by atoms with van der Waals surface area (Å²) >= 11 is 0. The fourth-order valence-electron chi connectivity index (χ4n) is 11.1. The highest BCUT2D eigenvalue weighted by atomic mass is 15.3. The van der Waals surface area contributed by atoms with Gasteiger partial charge in [-0.05, 0) is 132 Å². The predicted octanol–water partition coefficient (Wildman–Crippen LogP) is 12.0. The lowest BCUT2D eigenvalue weighted by Gasteiger charge is -2.54. The molecular weight excluding hydrogens is 683 g/mol. The summed E-state index contributed by atoms with van der Waals surface area (Å²) in [5, 5.41) is 7.24. The van der Waals surface area contributed by atoms with E-state index in [1.54, 1.807) is 0 Å². The first kappa shape index (κ1) is 33.4. The molecule has 5 heteroatoms. The molecule has 0 spiro atoms. The summed E-state index contributed by atoms with van der Waals surface area (Å²) in [6.07, 6.45) is 7.05. The van der Waals surface area contributed by atoms with Crippen molar-refractivity contribution in [2.75, 3.05) is 10.2 Å². The number of fused-ring (bicyclic) bond motifs is 1. The minimum atomic E-state index is -0.379. The van der Waals surface area contributed by atoms with Gasteiger partial charge in [0, 0.05) is 16.8 Å². The zero-order valence-electron chi connectivity index (χ0n) is 31.9. The van der Waals surface area contributed by atoms with Crippen molar-refractivity contribution in [1.29, 1.82) is 0 Å². The van der Waals surface area contributed by atoms with E-state index < -0.39 is 0 Å². The molecular formula is C51H47N5. The van der Waals surface area contributed by atoms with E-state index in [0.717, 1.165) is 63.5 Å². The number of rotatable bonds is 7. The van der Waals surface area contributed by atoms with Gasteiger partial charge in [-0.3, -0.25) is 0 Å². The highest BCUT2D eigenvalue weighted by molar-refractivity contribution is 6.15. The SMILES string of the molecule is CC1Nc2ccccc2N1c1ccc(-c2ccccc2-c2cccc(C3N=C(c4ccccc4)NC(c4ccc(C5C6CC7CC(C6)CC5C7)cc4)=N3)c2)cc1. The number of benzene rings is 6. The van der Waals surface area contributed by atoms with Crippen LogP contribution in [-0.4, -0.2) is 17.8 Å².